The zero-order chi connectivity index (χ0) is 7.98. The summed E-state index contributed by atoms with van der Waals surface area (Å²) in [6, 6.07) is 0.661. The molecule has 10 heavy (non-hydrogen) atoms. The van der Waals surface area contributed by atoms with E-state index in [2.05, 4.69) is 38.4 Å². The summed E-state index contributed by atoms with van der Waals surface area (Å²) < 4.78 is 0. The molecule has 0 heterocycles. The molecule has 1 N–H and O–H groups in total. The number of rotatable bonds is 4. The molecule has 0 aromatic carbocycles. The topological polar surface area (TPSA) is 12.0 Å². The lowest BCUT2D eigenvalue weighted by Crippen LogP contribution is -2.27. The molecule has 2 radical (unpaired) electrons. The second-order valence-electron chi connectivity index (χ2n) is 2.82. The molecule has 1 unspecified atom stereocenters. The van der Waals surface area contributed by atoms with Crippen LogP contribution in [-0.2, 0) is 0 Å². The summed E-state index contributed by atoms with van der Waals surface area (Å²) in [6.07, 6.45) is 1.21. The maximum absolute atomic E-state index is 3.42. The number of allylic oxidation sites excluding steroid dienone is 1. The van der Waals surface area contributed by atoms with E-state index in [0.717, 1.165) is 9.68 Å². The highest BCUT2D eigenvalue weighted by Gasteiger charge is 1.93. The van der Waals surface area contributed by atoms with Gasteiger partial charge in [-0.05, 0) is 26.3 Å². The van der Waals surface area contributed by atoms with Gasteiger partial charge < -0.3 is 4.98 Å². The molecule has 0 aliphatic rings. The minimum atomic E-state index is 0.661. The second kappa shape index (κ2) is 5.68. The molecule has 0 aromatic heterocycles. The van der Waals surface area contributed by atoms with Crippen LogP contribution in [0.5, 0.6) is 0 Å². The maximum Gasteiger partial charge on any atom is 0.171 e. The molecule has 0 fully saturated rings. The van der Waals surface area contributed by atoms with Gasteiger partial charge in [-0.3, -0.25) is 0 Å². The van der Waals surface area contributed by atoms with Crippen molar-refractivity contribution >= 4 is 9.68 Å². The Morgan fingerprint density at radius 3 is 2.60 bits per heavy atom. The van der Waals surface area contributed by atoms with Gasteiger partial charge in [-0.2, -0.15) is 0 Å². The van der Waals surface area contributed by atoms with Crippen molar-refractivity contribution in [3.05, 3.63) is 11.3 Å². The molecule has 2 heteroatoms. The summed E-state index contributed by atoms with van der Waals surface area (Å²) >= 11 is 0. The van der Waals surface area contributed by atoms with Crippen LogP contribution in [0.3, 0.4) is 0 Å². The Labute approximate surface area is 66.8 Å². The average molecular weight is 155 g/mol. The molecule has 58 valence electrons. The molecule has 0 bridgehead atoms. The predicted molar refractivity (Wildman–Crippen MR) is 48.1 cm³/mol. The Kier molecular flexibility index (Phi) is 5.64. The molecule has 0 saturated heterocycles. The lowest BCUT2D eigenvalue weighted by molar-refractivity contribution is 0.657. The lowest BCUT2D eigenvalue weighted by atomic mass is 10.3. The van der Waals surface area contributed by atoms with Gasteiger partial charge in [0.15, 0.2) is 9.68 Å². The van der Waals surface area contributed by atoms with E-state index in [0.29, 0.717) is 6.04 Å². The Morgan fingerprint density at radius 2 is 2.20 bits per heavy atom. The molecule has 0 aromatic rings. The van der Waals surface area contributed by atoms with E-state index < -0.39 is 0 Å². The molecule has 0 aliphatic heterocycles. The first kappa shape index (κ1) is 9.92. The molecule has 1 nitrogen and oxygen atoms in total. The van der Waals surface area contributed by atoms with Gasteiger partial charge in [-0.1, -0.05) is 25.1 Å². The number of nitrogens with one attached hydrogen (secondary N) is 1. The fraction of sp³-hybridized carbons (Fsp3) is 0.750. The third-order valence-corrected chi connectivity index (χ3v) is 2.68. The first-order valence-corrected chi connectivity index (χ1v) is 4.89. The van der Waals surface area contributed by atoms with Gasteiger partial charge >= 0.3 is 0 Å². The van der Waals surface area contributed by atoms with Crippen LogP contribution >= 0.6 is 0 Å². The SMILES string of the molecule is CCC(C)N[Si]C=C(C)C. The molecule has 0 saturated carbocycles. The van der Waals surface area contributed by atoms with Gasteiger partial charge in [0.05, 0.1) is 0 Å². The van der Waals surface area contributed by atoms with Crippen LogP contribution in [0.4, 0.5) is 0 Å². The van der Waals surface area contributed by atoms with Crippen molar-refractivity contribution in [3.8, 4) is 0 Å². The summed E-state index contributed by atoms with van der Waals surface area (Å²) in [7, 11) is 0.788. The van der Waals surface area contributed by atoms with Gasteiger partial charge in [0.25, 0.3) is 0 Å². The van der Waals surface area contributed by atoms with E-state index in [9.17, 15) is 0 Å². The van der Waals surface area contributed by atoms with E-state index >= 15 is 0 Å². The summed E-state index contributed by atoms with van der Waals surface area (Å²) in [4.78, 5) is 3.42. The van der Waals surface area contributed by atoms with Crippen LogP contribution in [0, 0.1) is 0 Å². The summed E-state index contributed by atoms with van der Waals surface area (Å²) in [5, 5.41) is 0. The van der Waals surface area contributed by atoms with E-state index in [1.807, 2.05) is 0 Å². The van der Waals surface area contributed by atoms with Gasteiger partial charge in [-0.15, -0.1) is 0 Å². The Bertz CT molecular complexity index is 106. The molecular weight excluding hydrogens is 138 g/mol. The van der Waals surface area contributed by atoms with E-state index in [1.54, 1.807) is 0 Å². The minimum Gasteiger partial charge on any atom is -0.333 e. The number of hydrogen-bond acceptors (Lipinski definition) is 1. The fourth-order valence-electron chi connectivity index (χ4n) is 0.430. The molecule has 0 aliphatic carbocycles. The molecule has 1 atom stereocenters. The lowest BCUT2D eigenvalue weighted by Gasteiger charge is -2.07. The molecule has 0 spiro atoms. The van der Waals surface area contributed by atoms with Crippen molar-refractivity contribution in [2.24, 2.45) is 0 Å². The highest BCUT2D eigenvalue weighted by atomic mass is 28.2. The zero-order valence-corrected chi connectivity index (χ0v) is 8.36. The Hall–Kier alpha value is -0.0831. The molecular formula is C8H17NSi. The van der Waals surface area contributed by atoms with Crippen LogP contribution in [0.25, 0.3) is 0 Å². The van der Waals surface area contributed by atoms with Crippen molar-refractivity contribution in [1.29, 1.82) is 0 Å². The van der Waals surface area contributed by atoms with Crippen LogP contribution in [0.1, 0.15) is 34.1 Å². The molecule has 0 amide bonds. The fourth-order valence-corrected chi connectivity index (χ4v) is 1.29. The standard InChI is InChI=1S/C8H17NSi/c1-5-8(4)9-10-6-7(2)3/h6,8-9H,5H2,1-4H3. The third kappa shape index (κ3) is 6.04. The summed E-state index contributed by atoms with van der Waals surface area (Å²) in [6.45, 7) is 8.67. The number of hydrogen-bond donors (Lipinski definition) is 1. The average Bonchev–Trinajstić information content (AvgIpc) is 1.87. The predicted octanol–water partition coefficient (Wildman–Crippen LogP) is 1.92. The highest BCUT2D eigenvalue weighted by Crippen LogP contribution is 1.88. The first-order valence-electron chi connectivity index (χ1n) is 3.81. The van der Waals surface area contributed by atoms with Crippen LogP contribution in [0.2, 0.25) is 0 Å². The second-order valence-corrected chi connectivity index (χ2v) is 3.69. The Balaban J connectivity index is 3.28. The van der Waals surface area contributed by atoms with Crippen molar-refractivity contribution < 1.29 is 0 Å². The maximum atomic E-state index is 3.42. The van der Waals surface area contributed by atoms with Crippen molar-refractivity contribution in [3.63, 3.8) is 0 Å². The normalized spacial score (nSPS) is 12.8. The van der Waals surface area contributed by atoms with Gasteiger partial charge in [0.1, 0.15) is 0 Å². The van der Waals surface area contributed by atoms with E-state index in [-0.39, 0.29) is 0 Å². The highest BCUT2D eigenvalue weighted by molar-refractivity contribution is 6.39. The van der Waals surface area contributed by atoms with Gasteiger partial charge in [0.2, 0.25) is 0 Å². The smallest absolute Gasteiger partial charge is 0.171 e. The van der Waals surface area contributed by atoms with Crippen molar-refractivity contribution in [2.45, 2.75) is 40.2 Å². The Morgan fingerprint density at radius 1 is 1.60 bits per heavy atom. The zero-order valence-electron chi connectivity index (χ0n) is 7.36. The third-order valence-electron chi connectivity index (χ3n) is 1.30. The largest absolute Gasteiger partial charge is 0.333 e. The van der Waals surface area contributed by atoms with Crippen LogP contribution in [0.15, 0.2) is 11.3 Å². The van der Waals surface area contributed by atoms with E-state index in [1.165, 1.54) is 12.0 Å². The quantitative estimate of drug-likeness (QED) is 0.612. The molecule has 0 rings (SSSR count). The van der Waals surface area contributed by atoms with E-state index in [4.69, 9.17) is 0 Å². The van der Waals surface area contributed by atoms with Gasteiger partial charge in [-0.25, -0.2) is 0 Å². The van der Waals surface area contributed by atoms with Crippen molar-refractivity contribution in [2.75, 3.05) is 0 Å². The first-order chi connectivity index (χ1) is 4.66. The summed E-state index contributed by atoms with van der Waals surface area (Å²) in [5.41, 5.74) is 3.64. The minimum absolute atomic E-state index is 0.661. The van der Waals surface area contributed by atoms with Crippen LogP contribution < -0.4 is 4.98 Å². The van der Waals surface area contributed by atoms with Gasteiger partial charge in [0, 0.05) is 0 Å². The van der Waals surface area contributed by atoms with Crippen LogP contribution in [-0.4, -0.2) is 15.7 Å². The van der Waals surface area contributed by atoms with Crippen molar-refractivity contribution in [1.82, 2.24) is 4.98 Å². The monoisotopic (exact) mass is 155 g/mol. The summed E-state index contributed by atoms with van der Waals surface area (Å²) in [5.74, 6) is 0.